The molecular formula is C9H7F3O4. The van der Waals surface area contributed by atoms with Gasteiger partial charge in [0.15, 0.2) is 29.3 Å². The molecule has 0 fully saturated rings. The minimum atomic E-state index is -2.30. The Balaban J connectivity index is 3.37. The number of aliphatic hydroxyl groups is 1. The third-order valence-corrected chi connectivity index (χ3v) is 1.88. The van der Waals surface area contributed by atoms with E-state index in [1.807, 2.05) is 0 Å². The van der Waals surface area contributed by atoms with Crippen molar-refractivity contribution in [2.24, 2.45) is 0 Å². The van der Waals surface area contributed by atoms with Gasteiger partial charge in [0.1, 0.15) is 0 Å². The molecule has 0 radical (unpaired) electrons. The number of hydrogen-bond acceptors (Lipinski definition) is 4. The second-order valence-corrected chi connectivity index (χ2v) is 2.84. The standard InChI is InChI=1S/C9H7F3O4/c1-16-9(15)8(14)5-6(12)3(10)2-4(11)7(5)13/h2,8,13-14H,1H3. The fourth-order valence-electron chi connectivity index (χ4n) is 1.08. The van der Waals surface area contributed by atoms with Gasteiger partial charge < -0.3 is 14.9 Å². The van der Waals surface area contributed by atoms with Crippen molar-refractivity contribution in [3.8, 4) is 5.75 Å². The highest BCUT2D eigenvalue weighted by atomic mass is 19.2. The SMILES string of the molecule is COC(=O)C(O)c1c(O)c(F)cc(F)c1F. The number of hydrogen-bond donors (Lipinski definition) is 2. The molecule has 0 saturated heterocycles. The number of esters is 1. The van der Waals surface area contributed by atoms with Crippen LogP contribution in [0.4, 0.5) is 13.2 Å². The molecule has 0 amide bonds. The molecule has 88 valence electrons. The summed E-state index contributed by atoms with van der Waals surface area (Å²) < 4.78 is 42.8. The molecule has 0 aliphatic heterocycles. The average molecular weight is 236 g/mol. The second kappa shape index (κ2) is 4.40. The molecule has 0 aromatic heterocycles. The number of carbonyl (C=O) groups excluding carboxylic acids is 1. The van der Waals surface area contributed by atoms with Gasteiger partial charge in [0.05, 0.1) is 12.7 Å². The van der Waals surface area contributed by atoms with Crippen molar-refractivity contribution in [3.05, 3.63) is 29.1 Å². The molecule has 1 aromatic carbocycles. The molecule has 1 unspecified atom stereocenters. The lowest BCUT2D eigenvalue weighted by Gasteiger charge is -2.12. The molecule has 1 atom stereocenters. The Bertz CT molecular complexity index is 407. The third-order valence-electron chi connectivity index (χ3n) is 1.88. The Morgan fingerprint density at radius 3 is 2.44 bits per heavy atom. The van der Waals surface area contributed by atoms with E-state index in [9.17, 15) is 23.1 Å². The Labute approximate surface area is 87.9 Å². The van der Waals surface area contributed by atoms with Crippen LogP contribution in [0.2, 0.25) is 0 Å². The Morgan fingerprint density at radius 2 is 1.94 bits per heavy atom. The first-order chi connectivity index (χ1) is 7.40. The maximum atomic E-state index is 13.1. The largest absolute Gasteiger partial charge is 0.504 e. The van der Waals surface area contributed by atoms with Crippen LogP contribution in [0, 0.1) is 17.5 Å². The summed E-state index contributed by atoms with van der Waals surface area (Å²) >= 11 is 0. The van der Waals surface area contributed by atoms with Gasteiger partial charge in [0, 0.05) is 6.07 Å². The van der Waals surface area contributed by atoms with E-state index in [1.54, 1.807) is 0 Å². The summed E-state index contributed by atoms with van der Waals surface area (Å²) in [7, 11) is 0.885. The average Bonchev–Trinajstić information content (AvgIpc) is 2.25. The maximum Gasteiger partial charge on any atom is 0.339 e. The van der Waals surface area contributed by atoms with Crippen molar-refractivity contribution in [2.75, 3.05) is 7.11 Å². The molecule has 1 aromatic rings. The quantitative estimate of drug-likeness (QED) is 0.594. The van der Waals surface area contributed by atoms with Crippen molar-refractivity contribution >= 4 is 5.97 Å². The van der Waals surface area contributed by atoms with Crippen LogP contribution in [-0.4, -0.2) is 23.3 Å². The molecule has 1 rings (SSSR count). The summed E-state index contributed by atoms with van der Waals surface area (Å²) in [6.45, 7) is 0. The van der Waals surface area contributed by atoms with Gasteiger partial charge in [0.25, 0.3) is 0 Å². The lowest BCUT2D eigenvalue weighted by Crippen LogP contribution is -2.16. The molecule has 0 saturated carbocycles. The van der Waals surface area contributed by atoms with Crippen LogP contribution in [0.25, 0.3) is 0 Å². The van der Waals surface area contributed by atoms with Crippen LogP contribution < -0.4 is 0 Å². The first kappa shape index (κ1) is 12.3. The van der Waals surface area contributed by atoms with Gasteiger partial charge in [-0.05, 0) is 0 Å². The summed E-state index contributed by atoms with van der Waals surface area (Å²) in [6.07, 6.45) is -2.30. The van der Waals surface area contributed by atoms with Crippen LogP contribution in [0.3, 0.4) is 0 Å². The maximum absolute atomic E-state index is 13.1. The van der Waals surface area contributed by atoms with Crippen LogP contribution in [0.15, 0.2) is 6.07 Å². The molecule has 0 aliphatic carbocycles. The van der Waals surface area contributed by atoms with Crippen LogP contribution >= 0.6 is 0 Å². The summed E-state index contributed by atoms with van der Waals surface area (Å²) in [5, 5.41) is 18.3. The number of phenolic OH excluding ortho intramolecular Hbond substituents is 1. The minimum absolute atomic E-state index is 0.0954. The summed E-state index contributed by atoms with van der Waals surface area (Å²) in [6, 6.07) is 0.0954. The van der Waals surface area contributed by atoms with Crippen molar-refractivity contribution in [1.82, 2.24) is 0 Å². The van der Waals surface area contributed by atoms with Crippen molar-refractivity contribution in [3.63, 3.8) is 0 Å². The van der Waals surface area contributed by atoms with Crippen LogP contribution in [-0.2, 0) is 9.53 Å². The van der Waals surface area contributed by atoms with Gasteiger partial charge in [-0.2, -0.15) is 0 Å². The van der Waals surface area contributed by atoms with E-state index >= 15 is 0 Å². The van der Waals surface area contributed by atoms with Crippen LogP contribution in [0.1, 0.15) is 11.7 Å². The zero-order valence-electron chi connectivity index (χ0n) is 8.00. The van der Waals surface area contributed by atoms with Gasteiger partial charge in [-0.3, -0.25) is 0 Å². The zero-order chi connectivity index (χ0) is 12.5. The highest BCUT2D eigenvalue weighted by molar-refractivity contribution is 5.77. The van der Waals surface area contributed by atoms with Crippen molar-refractivity contribution in [2.45, 2.75) is 6.10 Å². The highest BCUT2D eigenvalue weighted by Gasteiger charge is 2.29. The molecule has 4 nitrogen and oxygen atoms in total. The predicted octanol–water partition coefficient (Wildman–Crippen LogP) is 1.02. The number of phenols is 1. The number of methoxy groups -OCH3 is 1. The molecule has 0 spiro atoms. The zero-order valence-corrected chi connectivity index (χ0v) is 8.00. The molecule has 0 aliphatic rings. The summed E-state index contributed by atoms with van der Waals surface area (Å²) in [4.78, 5) is 10.8. The Hall–Kier alpha value is -1.76. The number of aromatic hydroxyl groups is 1. The topological polar surface area (TPSA) is 66.8 Å². The van der Waals surface area contributed by atoms with Gasteiger partial charge in [-0.1, -0.05) is 0 Å². The molecule has 0 bridgehead atoms. The fraction of sp³-hybridized carbons (Fsp3) is 0.222. The van der Waals surface area contributed by atoms with Gasteiger partial charge >= 0.3 is 5.97 Å². The highest BCUT2D eigenvalue weighted by Crippen LogP contribution is 2.31. The van der Waals surface area contributed by atoms with Gasteiger partial charge in [-0.15, -0.1) is 0 Å². The van der Waals surface area contributed by atoms with Crippen molar-refractivity contribution in [1.29, 1.82) is 0 Å². The summed E-state index contributed by atoms with van der Waals surface area (Å²) in [5.74, 6) is -7.52. The molecule has 0 heterocycles. The Morgan fingerprint density at radius 1 is 1.38 bits per heavy atom. The lowest BCUT2D eigenvalue weighted by molar-refractivity contribution is -0.151. The smallest absolute Gasteiger partial charge is 0.339 e. The third kappa shape index (κ3) is 1.94. The van der Waals surface area contributed by atoms with Gasteiger partial charge in [0.2, 0.25) is 0 Å². The van der Waals surface area contributed by atoms with Gasteiger partial charge in [-0.25, -0.2) is 18.0 Å². The van der Waals surface area contributed by atoms with E-state index in [2.05, 4.69) is 4.74 Å². The normalized spacial score (nSPS) is 12.3. The van der Waals surface area contributed by atoms with Crippen molar-refractivity contribution < 1.29 is 32.9 Å². The Kier molecular flexibility index (Phi) is 3.38. The summed E-state index contributed by atoms with van der Waals surface area (Å²) in [5.41, 5.74) is -1.19. The number of rotatable bonds is 2. The second-order valence-electron chi connectivity index (χ2n) is 2.84. The lowest BCUT2D eigenvalue weighted by atomic mass is 10.1. The monoisotopic (exact) mass is 236 g/mol. The number of halogens is 3. The molecule has 7 heteroatoms. The van der Waals surface area contributed by atoms with E-state index in [0.717, 1.165) is 7.11 Å². The number of benzene rings is 1. The first-order valence-electron chi connectivity index (χ1n) is 4.02. The van der Waals surface area contributed by atoms with Crippen LogP contribution in [0.5, 0.6) is 5.75 Å². The fourth-order valence-corrected chi connectivity index (χ4v) is 1.08. The van der Waals surface area contributed by atoms with E-state index in [4.69, 9.17) is 5.11 Å². The van der Waals surface area contributed by atoms with E-state index < -0.39 is 40.8 Å². The number of carbonyl (C=O) groups is 1. The first-order valence-corrected chi connectivity index (χ1v) is 4.02. The number of aliphatic hydroxyl groups excluding tert-OH is 1. The van der Waals surface area contributed by atoms with E-state index in [1.165, 1.54) is 0 Å². The predicted molar refractivity (Wildman–Crippen MR) is 45.0 cm³/mol. The minimum Gasteiger partial charge on any atom is -0.504 e. The molecule has 16 heavy (non-hydrogen) atoms. The molecule has 2 N–H and O–H groups in total. The molecular weight excluding hydrogens is 229 g/mol. The van der Waals surface area contributed by atoms with E-state index in [-0.39, 0.29) is 6.07 Å². The van der Waals surface area contributed by atoms with E-state index in [0.29, 0.717) is 0 Å². The number of ether oxygens (including phenoxy) is 1.